The second kappa shape index (κ2) is 6.82. The van der Waals surface area contributed by atoms with E-state index in [0.717, 1.165) is 11.1 Å². The molecule has 0 amide bonds. The highest BCUT2D eigenvalue weighted by atomic mass is 16.6. The van der Waals surface area contributed by atoms with Crippen LogP contribution in [-0.2, 0) is 6.54 Å². The summed E-state index contributed by atoms with van der Waals surface area (Å²) in [6, 6.07) is 18.5. The van der Waals surface area contributed by atoms with Gasteiger partial charge in [-0.05, 0) is 11.1 Å². The van der Waals surface area contributed by atoms with E-state index in [2.05, 4.69) is 5.32 Å². The predicted octanol–water partition coefficient (Wildman–Crippen LogP) is 3.18. The van der Waals surface area contributed by atoms with Gasteiger partial charge in [0.2, 0.25) is 6.04 Å². The van der Waals surface area contributed by atoms with Crippen LogP contribution in [0.4, 0.5) is 0 Å². The number of rotatable bonds is 6. The number of benzene rings is 2. The van der Waals surface area contributed by atoms with Crippen molar-refractivity contribution in [3.63, 3.8) is 0 Å². The van der Waals surface area contributed by atoms with E-state index in [9.17, 15) is 10.1 Å². The van der Waals surface area contributed by atoms with Gasteiger partial charge >= 0.3 is 0 Å². The molecule has 0 aliphatic rings. The maximum absolute atomic E-state index is 11.1. The van der Waals surface area contributed by atoms with Gasteiger partial charge in [-0.3, -0.25) is 10.1 Å². The van der Waals surface area contributed by atoms with Gasteiger partial charge in [-0.15, -0.1) is 0 Å². The van der Waals surface area contributed by atoms with E-state index in [1.165, 1.54) is 0 Å². The lowest BCUT2D eigenvalue weighted by Crippen LogP contribution is -2.34. The molecule has 0 bridgehead atoms. The molecule has 1 N–H and O–H groups in total. The minimum atomic E-state index is -0.680. The Morgan fingerprint density at radius 2 is 1.60 bits per heavy atom. The molecule has 0 aromatic heterocycles. The fourth-order valence-corrected chi connectivity index (χ4v) is 2.17. The summed E-state index contributed by atoms with van der Waals surface area (Å²) < 4.78 is 0. The largest absolute Gasteiger partial charge is 0.300 e. The highest BCUT2D eigenvalue weighted by molar-refractivity contribution is 5.21. The van der Waals surface area contributed by atoms with Crippen molar-refractivity contribution in [3.8, 4) is 0 Å². The van der Waals surface area contributed by atoms with Crippen LogP contribution in [-0.4, -0.2) is 11.0 Å². The average Bonchev–Trinajstić information content (AvgIpc) is 2.49. The van der Waals surface area contributed by atoms with E-state index >= 15 is 0 Å². The molecule has 0 fully saturated rings. The standard InChI is InChI=1S/C16H18N2O2/c1-13(18(19)20)16(15-10-6-3-7-11-15)17-12-14-8-4-2-5-9-14/h2-11,13,16-17H,12H2,1H3. The smallest absolute Gasteiger partial charge is 0.229 e. The molecule has 2 atom stereocenters. The van der Waals surface area contributed by atoms with Crippen molar-refractivity contribution in [2.75, 3.05) is 0 Å². The molecule has 2 aromatic carbocycles. The molecular formula is C16H18N2O2. The first-order valence-corrected chi connectivity index (χ1v) is 6.64. The minimum absolute atomic E-state index is 0.240. The van der Waals surface area contributed by atoms with E-state index in [1.807, 2.05) is 60.7 Å². The number of nitro groups is 1. The van der Waals surface area contributed by atoms with Gasteiger partial charge in [-0.25, -0.2) is 0 Å². The summed E-state index contributed by atoms with van der Waals surface area (Å²) in [5.41, 5.74) is 2.05. The fraction of sp³-hybridized carbons (Fsp3) is 0.250. The van der Waals surface area contributed by atoms with Gasteiger partial charge in [-0.2, -0.15) is 0 Å². The van der Waals surface area contributed by atoms with Gasteiger partial charge in [0.25, 0.3) is 0 Å². The average molecular weight is 270 g/mol. The third-order valence-electron chi connectivity index (χ3n) is 3.34. The van der Waals surface area contributed by atoms with Crippen molar-refractivity contribution in [1.29, 1.82) is 0 Å². The molecule has 0 aliphatic carbocycles. The Bertz CT molecular complexity index is 543. The van der Waals surface area contributed by atoms with Gasteiger partial charge in [0.05, 0.1) is 0 Å². The lowest BCUT2D eigenvalue weighted by atomic mass is 10.0. The second-order valence-corrected chi connectivity index (χ2v) is 4.78. The van der Waals surface area contributed by atoms with Gasteiger partial charge in [0.1, 0.15) is 6.04 Å². The molecule has 0 saturated carbocycles. The van der Waals surface area contributed by atoms with Crippen molar-refractivity contribution in [2.24, 2.45) is 0 Å². The van der Waals surface area contributed by atoms with Gasteiger partial charge in [0.15, 0.2) is 0 Å². The minimum Gasteiger partial charge on any atom is -0.300 e. The Labute approximate surface area is 118 Å². The molecule has 0 saturated heterocycles. The van der Waals surface area contributed by atoms with Crippen LogP contribution >= 0.6 is 0 Å². The molecule has 4 heteroatoms. The summed E-state index contributed by atoms with van der Waals surface area (Å²) >= 11 is 0. The molecule has 2 aromatic rings. The summed E-state index contributed by atoms with van der Waals surface area (Å²) in [5.74, 6) is 0. The summed E-state index contributed by atoms with van der Waals surface area (Å²) in [5, 5.41) is 14.4. The third kappa shape index (κ3) is 3.65. The van der Waals surface area contributed by atoms with Crippen LogP contribution in [0.5, 0.6) is 0 Å². The topological polar surface area (TPSA) is 55.2 Å². The SMILES string of the molecule is CC(C(NCc1ccccc1)c1ccccc1)[N+](=O)[O-]. The van der Waals surface area contributed by atoms with Crippen molar-refractivity contribution >= 4 is 0 Å². The summed E-state index contributed by atoms with van der Waals surface area (Å²) in [6.07, 6.45) is 0. The Kier molecular flexibility index (Phi) is 4.85. The Hall–Kier alpha value is -2.20. The molecule has 0 radical (unpaired) electrons. The van der Waals surface area contributed by atoms with Crippen LogP contribution in [0.1, 0.15) is 24.1 Å². The van der Waals surface area contributed by atoms with Gasteiger partial charge < -0.3 is 5.32 Å². The van der Waals surface area contributed by atoms with Crippen molar-refractivity contribution < 1.29 is 4.92 Å². The number of hydrogen-bond acceptors (Lipinski definition) is 3. The van der Waals surface area contributed by atoms with Crippen LogP contribution in [0.3, 0.4) is 0 Å². The molecule has 104 valence electrons. The van der Waals surface area contributed by atoms with Crippen molar-refractivity contribution in [3.05, 3.63) is 81.9 Å². The lowest BCUT2D eigenvalue weighted by Gasteiger charge is -2.20. The van der Waals surface area contributed by atoms with Crippen LogP contribution in [0.25, 0.3) is 0 Å². The molecular weight excluding hydrogens is 252 g/mol. The summed E-state index contributed by atoms with van der Waals surface area (Å²) in [7, 11) is 0. The maximum atomic E-state index is 11.1. The zero-order valence-electron chi connectivity index (χ0n) is 11.4. The zero-order valence-corrected chi connectivity index (χ0v) is 11.4. The Morgan fingerprint density at radius 1 is 1.05 bits per heavy atom. The maximum Gasteiger partial charge on any atom is 0.229 e. The first-order valence-electron chi connectivity index (χ1n) is 6.64. The lowest BCUT2D eigenvalue weighted by molar-refractivity contribution is -0.523. The van der Waals surface area contributed by atoms with Crippen molar-refractivity contribution in [2.45, 2.75) is 25.6 Å². The number of nitrogens with one attached hydrogen (secondary N) is 1. The summed E-state index contributed by atoms with van der Waals surface area (Å²) in [4.78, 5) is 10.9. The molecule has 2 unspecified atom stereocenters. The monoisotopic (exact) mass is 270 g/mol. The Balaban J connectivity index is 2.13. The zero-order chi connectivity index (χ0) is 14.4. The van der Waals surface area contributed by atoms with Crippen LogP contribution in [0.2, 0.25) is 0 Å². The highest BCUT2D eigenvalue weighted by Gasteiger charge is 2.27. The normalized spacial score (nSPS) is 13.7. The van der Waals surface area contributed by atoms with E-state index in [4.69, 9.17) is 0 Å². The van der Waals surface area contributed by atoms with E-state index in [-0.39, 0.29) is 11.0 Å². The second-order valence-electron chi connectivity index (χ2n) is 4.78. The molecule has 2 rings (SSSR count). The highest BCUT2D eigenvalue weighted by Crippen LogP contribution is 2.19. The molecule has 0 spiro atoms. The first kappa shape index (κ1) is 14.2. The third-order valence-corrected chi connectivity index (χ3v) is 3.34. The van der Waals surface area contributed by atoms with E-state index in [1.54, 1.807) is 6.92 Å². The molecule has 0 aliphatic heterocycles. The molecule has 20 heavy (non-hydrogen) atoms. The Morgan fingerprint density at radius 3 is 2.15 bits per heavy atom. The van der Waals surface area contributed by atoms with Crippen molar-refractivity contribution in [1.82, 2.24) is 5.32 Å². The quantitative estimate of drug-likeness (QED) is 0.648. The number of hydrogen-bond donors (Lipinski definition) is 1. The van der Waals surface area contributed by atoms with E-state index < -0.39 is 6.04 Å². The van der Waals surface area contributed by atoms with Crippen LogP contribution in [0, 0.1) is 10.1 Å². The summed E-state index contributed by atoms with van der Waals surface area (Å²) in [6.45, 7) is 2.24. The fourth-order valence-electron chi connectivity index (χ4n) is 2.17. The molecule has 0 heterocycles. The van der Waals surface area contributed by atoms with Gasteiger partial charge in [-0.1, -0.05) is 60.7 Å². The predicted molar refractivity (Wildman–Crippen MR) is 78.9 cm³/mol. The van der Waals surface area contributed by atoms with E-state index in [0.29, 0.717) is 6.54 Å². The number of nitrogens with zero attached hydrogens (tertiary/aromatic N) is 1. The first-order chi connectivity index (χ1) is 9.68. The van der Waals surface area contributed by atoms with Gasteiger partial charge in [0, 0.05) is 18.4 Å². The molecule has 4 nitrogen and oxygen atoms in total. The van der Waals surface area contributed by atoms with Crippen LogP contribution in [0.15, 0.2) is 60.7 Å². The van der Waals surface area contributed by atoms with Crippen LogP contribution < -0.4 is 5.32 Å².